The molecule has 0 saturated carbocycles. The van der Waals surface area contributed by atoms with E-state index in [0.717, 1.165) is 71.1 Å². The molecule has 0 bridgehead atoms. The third-order valence-electron chi connectivity index (χ3n) is 5.64. The Balaban J connectivity index is 0.00000363. The van der Waals surface area contributed by atoms with Crippen LogP contribution in [0, 0.1) is 5.92 Å². The highest BCUT2D eigenvalue weighted by molar-refractivity contribution is 14.0. The minimum atomic E-state index is 0. The molecule has 2 aromatic carbocycles. The van der Waals surface area contributed by atoms with Crippen LogP contribution in [-0.2, 0) is 22.5 Å². The van der Waals surface area contributed by atoms with Crippen molar-refractivity contribution in [3.8, 4) is 0 Å². The monoisotopic (exact) mass is 551 g/mol. The van der Waals surface area contributed by atoms with Gasteiger partial charge < -0.3 is 19.7 Å². The van der Waals surface area contributed by atoms with Gasteiger partial charge in [0.25, 0.3) is 0 Å². The fourth-order valence-electron chi connectivity index (χ4n) is 3.88. The Morgan fingerprint density at radius 3 is 2.41 bits per heavy atom. The number of hydrogen-bond donors (Lipinski definition) is 1. The van der Waals surface area contributed by atoms with E-state index in [1.807, 2.05) is 19.2 Å². The van der Waals surface area contributed by atoms with Gasteiger partial charge in [-0.2, -0.15) is 0 Å². The van der Waals surface area contributed by atoms with Crippen molar-refractivity contribution in [3.05, 3.63) is 71.8 Å². The maximum absolute atomic E-state index is 5.94. The summed E-state index contributed by atoms with van der Waals surface area (Å²) in [6.45, 7) is 6.10. The topological polar surface area (TPSA) is 46.1 Å². The summed E-state index contributed by atoms with van der Waals surface area (Å²) in [6.07, 6.45) is 4.29. The number of ether oxygens (including phenoxy) is 2. The molecule has 0 amide bonds. The average Bonchev–Trinajstić information content (AvgIpc) is 3.28. The Labute approximate surface area is 210 Å². The summed E-state index contributed by atoms with van der Waals surface area (Å²) in [6, 6.07) is 20.9. The first-order valence-corrected chi connectivity index (χ1v) is 11.5. The second-order valence-electron chi connectivity index (χ2n) is 8.13. The molecule has 1 unspecified atom stereocenters. The van der Waals surface area contributed by atoms with Crippen molar-refractivity contribution in [1.82, 2.24) is 10.2 Å². The predicted octanol–water partition coefficient (Wildman–Crippen LogP) is 4.76. The zero-order valence-corrected chi connectivity index (χ0v) is 21.6. The molecule has 3 rings (SSSR count). The van der Waals surface area contributed by atoms with E-state index in [4.69, 9.17) is 9.47 Å². The molecule has 1 saturated heterocycles. The molecule has 5 nitrogen and oxygen atoms in total. The van der Waals surface area contributed by atoms with Gasteiger partial charge in [0.1, 0.15) is 0 Å². The highest BCUT2D eigenvalue weighted by Gasteiger charge is 2.24. The van der Waals surface area contributed by atoms with E-state index in [0.29, 0.717) is 12.5 Å². The van der Waals surface area contributed by atoms with Crippen molar-refractivity contribution >= 4 is 29.9 Å². The highest BCUT2D eigenvalue weighted by atomic mass is 127. The van der Waals surface area contributed by atoms with Gasteiger partial charge in [-0.05, 0) is 36.8 Å². The lowest BCUT2D eigenvalue weighted by molar-refractivity contribution is 0.0906. The van der Waals surface area contributed by atoms with Crippen molar-refractivity contribution in [2.75, 3.05) is 46.5 Å². The molecular weight excluding hydrogens is 513 g/mol. The summed E-state index contributed by atoms with van der Waals surface area (Å²) < 4.78 is 11.7. The Morgan fingerprint density at radius 1 is 0.969 bits per heavy atom. The summed E-state index contributed by atoms with van der Waals surface area (Å²) in [5, 5.41) is 3.51. The summed E-state index contributed by atoms with van der Waals surface area (Å²) in [7, 11) is 1.87. The minimum Gasteiger partial charge on any atom is -0.381 e. The molecule has 0 aromatic heterocycles. The molecule has 0 radical (unpaired) electrons. The summed E-state index contributed by atoms with van der Waals surface area (Å²) in [5.41, 5.74) is 2.57. The number of aliphatic imine (C=N–C) groups is 1. The molecule has 0 spiro atoms. The van der Waals surface area contributed by atoms with Crippen LogP contribution in [0.15, 0.2) is 65.7 Å². The molecule has 1 aliphatic heterocycles. The van der Waals surface area contributed by atoms with Crippen LogP contribution in [0.2, 0.25) is 0 Å². The second-order valence-corrected chi connectivity index (χ2v) is 8.13. The maximum atomic E-state index is 5.94. The van der Waals surface area contributed by atoms with Gasteiger partial charge in [0.2, 0.25) is 0 Å². The average molecular weight is 552 g/mol. The van der Waals surface area contributed by atoms with E-state index in [1.165, 1.54) is 11.1 Å². The largest absolute Gasteiger partial charge is 0.381 e. The lowest BCUT2D eigenvalue weighted by Gasteiger charge is -2.21. The Morgan fingerprint density at radius 2 is 1.69 bits per heavy atom. The van der Waals surface area contributed by atoms with Crippen molar-refractivity contribution in [3.63, 3.8) is 0 Å². The minimum absolute atomic E-state index is 0. The molecule has 1 heterocycles. The number of rotatable bonds is 12. The zero-order valence-electron chi connectivity index (χ0n) is 19.2. The lowest BCUT2D eigenvalue weighted by Crippen LogP contribution is -2.40. The van der Waals surface area contributed by atoms with E-state index >= 15 is 0 Å². The fourth-order valence-corrected chi connectivity index (χ4v) is 3.88. The number of likely N-dealkylation sites (tertiary alicyclic amines) is 1. The van der Waals surface area contributed by atoms with E-state index in [1.54, 1.807) is 0 Å². The molecule has 6 heteroatoms. The number of guanidine groups is 1. The van der Waals surface area contributed by atoms with E-state index < -0.39 is 0 Å². The first-order chi connectivity index (χ1) is 15.3. The van der Waals surface area contributed by atoms with Gasteiger partial charge in [0.15, 0.2) is 5.96 Å². The van der Waals surface area contributed by atoms with Crippen molar-refractivity contribution in [2.45, 2.75) is 32.3 Å². The first-order valence-electron chi connectivity index (χ1n) is 11.5. The highest BCUT2D eigenvalue weighted by Crippen LogP contribution is 2.17. The molecule has 2 aromatic rings. The molecule has 1 fully saturated rings. The van der Waals surface area contributed by atoms with Crippen LogP contribution < -0.4 is 5.32 Å². The Hall–Kier alpha value is -1.64. The number of benzene rings is 2. The smallest absolute Gasteiger partial charge is 0.193 e. The number of hydrogen-bond acceptors (Lipinski definition) is 3. The number of halogens is 1. The van der Waals surface area contributed by atoms with Crippen molar-refractivity contribution in [2.24, 2.45) is 10.9 Å². The third kappa shape index (κ3) is 9.88. The molecule has 0 aliphatic carbocycles. The summed E-state index contributed by atoms with van der Waals surface area (Å²) in [4.78, 5) is 6.83. The van der Waals surface area contributed by atoms with Gasteiger partial charge in [-0.15, -0.1) is 24.0 Å². The number of nitrogens with zero attached hydrogens (tertiary/aromatic N) is 2. The number of nitrogens with one attached hydrogen (secondary N) is 1. The van der Waals surface area contributed by atoms with Crippen LogP contribution in [0.3, 0.4) is 0 Å². The van der Waals surface area contributed by atoms with E-state index in [-0.39, 0.29) is 24.0 Å². The molecule has 176 valence electrons. The van der Waals surface area contributed by atoms with Gasteiger partial charge in [-0.1, -0.05) is 60.7 Å². The molecule has 1 N–H and O–H groups in total. The molecule has 1 atom stereocenters. The Kier molecular flexibility index (Phi) is 13.3. The van der Waals surface area contributed by atoms with E-state index in [9.17, 15) is 0 Å². The van der Waals surface area contributed by atoms with Gasteiger partial charge in [-0.25, -0.2) is 0 Å². The SMILES string of the molecule is CN=C(NCCCCOCCc1ccccc1)N1CCC(COCc2ccccc2)C1.I. The van der Waals surface area contributed by atoms with E-state index in [2.05, 4.69) is 63.7 Å². The van der Waals surface area contributed by atoms with Crippen LogP contribution in [0.1, 0.15) is 30.4 Å². The molecular formula is C26H38IN3O2. The molecule has 32 heavy (non-hydrogen) atoms. The normalized spacial score (nSPS) is 16.1. The summed E-state index contributed by atoms with van der Waals surface area (Å²) >= 11 is 0. The quantitative estimate of drug-likeness (QED) is 0.179. The van der Waals surface area contributed by atoms with Crippen LogP contribution in [-0.4, -0.2) is 57.4 Å². The standard InChI is InChI=1S/C26H37N3O2.HI/c1-27-26(28-16-8-9-18-30-19-15-23-10-4-2-5-11-23)29-17-14-25(20-29)22-31-21-24-12-6-3-7-13-24;/h2-7,10-13,25H,8-9,14-22H2,1H3,(H,27,28);1H. The van der Waals surface area contributed by atoms with Crippen LogP contribution in [0.4, 0.5) is 0 Å². The van der Waals surface area contributed by atoms with Crippen LogP contribution in [0.5, 0.6) is 0 Å². The van der Waals surface area contributed by atoms with Gasteiger partial charge in [-0.3, -0.25) is 4.99 Å². The van der Waals surface area contributed by atoms with Crippen LogP contribution >= 0.6 is 24.0 Å². The van der Waals surface area contributed by atoms with Crippen molar-refractivity contribution < 1.29 is 9.47 Å². The van der Waals surface area contributed by atoms with Gasteiger partial charge in [0.05, 0.1) is 19.8 Å². The third-order valence-corrected chi connectivity index (χ3v) is 5.64. The first kappa shape index (κ1) is 26.6. The second kappa shape index (κ2) is 16.0. The molecule has 1 aliphatic rings. The maximum Gasteiger partial charge on any atom is 0.193 e. The van der Waals surface area contributed by atoms with Crippen molar-refractivity contribution in [1.29, 1.82) is 0 Å². The lowest BCUT2D eigenvalue weighted by atomic mass is 10.1. The van der Waals surface area contributed by atoms with Gasteiger partial charge in [0, 0.05) is 39.2 Å². The van der Waals surface area contributed by atoms with Crippen LogP contribution in [0.25, 0.3) is 0 Å². The zero-order chi connectivity index (χ0) is 21.6. The fraction of sp³-hybridized carbons (Fsp3) is 0.500. The predicted molar refractivity (Wildman–Crippen MR) is 143 cm³/mol. The summed E-state index contributed by atoms with van der Waals surface area (Å²) in [5.74, 6) is 1.58. The number of unbranched alkanes of at least 4 members (excludes halogenated alkanes) is 1. The van der Waals surface area contributed by atoms with Gasteiger partial charge >= 0.3 is 0 Å². The Bertz CT molecular complexity index is 758.